The van der Waals surface area contributed by atoms with Crippen LogP contribution in [-0.4, -0.2) is 33.0 Å². The molecule has 0 N–H and O–H groups in total. The number of halogens is 1. The van der Waals surface area contributed by atoms with Crippen LogP contribution in [0.4, 0.5) is 0 Å². The second kappa shape index (κ2) is 4.03. The van der Waals surface area contributed by atoms with Gasteiger partial charge in [0.05, 0.1) is 12.2 Å². The van der Waals surface area contributed by atoms with E-state index in [1.807, 2.05) is 22.9 Å². The molecule has 0 spiro atoms. The van der Waals surface area contributed by atoms with E-state index in [2.05, 4.69) is 15.2 Å². The van der Waals surface area contributed by atoms with Crippen molar-refractivity contribution in [1.29, 1.82) is 0 Å². The van der Waals surface area contributed by atoms with Crippen LogP contribution in [-0.2, 0) is 6.67 Å². The molecule has 3 rings (SSSR count). The Kier molecular flexibility index (Phi) is 2.53. The molecule has 0 atom stereocenters. The first-order valence-corrected chi connectivity index (χ1v) is 5.92. The Labute approximate surface area is 98.8 Å². The SMILES string of the molecule is Clc1ccc2c(c1)nnn2CN1CCCC1. The molecule has 2 aromatic rings. The molecule has 0 bridgehead atoms. The Morgan fingerprint density at radius 2 is 2.06 bits per heavy atom. The minimum absolute atomic E-state index is 0.709. The number of nitrogens with zero attached hydrogens (tertiary/aromatic N) is 4. The maximum Gasteiger partial charge on any atom is 0.114 e. The van der Waals surface area contributed by atoms with Gasteiger partial charge in [0.15, 0.2) is 0 Å². The lowest BCUT2D eigenvalue weighted by molar-refractivity contribution is 0.257. The van der Waals surface area contributed by atoms with Crippen molar-refractivity contribution >= 4 is 22.6 Å². The topological polar surface area (TPSA) is 34.0 Å². The van der Waals surface area contributed by atoms with E-state index in [0.29, 0.717) is 5.02 Å². The molecule has 1 fully saturated rings. The van der Waals surface area contributed by atoms with Gasteiger partial charge < -0.3 is 0 Å². The third-order valence-corrected chi connectivity index (χ3v) is 3.24. The second-order valence-corrected chi connectivity index (χ2v) is 4.63. The van der Waals surface area contributed by atoms with Crippen LogP contribution >= 0.6 is 11.6 Å². The molecule has 0 amide bonds. The van der Waals surface area contributed by atoms with Gasteiger partial charge in [-0.3, -0.25) is 4.90 Å². The van der Waals surface area contributed by atoms with E-state index < -0.39 is 0 Å². The molecule has 5 heteroatoms. The van der Waals surface area contributed by atoms with Gasteiger partial charge in [0.2, 0.25) is 0 Å². The third-order valence-electron chi connectivity index (χ3n) is 3.01. The Balaban J connectivity index is 1.91. The number of hydrogen-bond acceptors (Lipinski definition) is 3. The smallest absolute Gasteiger partial charge is 0.114 e. The van der Waals surface area contributed by atoms with Crippen LogP contribution in [0.5, 0.6) is 0 Å². The molecule has 1 aromatic carbocycles. The second-order valence-electron chi connectivity index (χ2n) is 4.19. The number of fused-ring (bicyclic) bond motifs is 1. The summed E-state index contributed by atoms with van der Waals surface area (Å²) < 4.78 is 1.94. The molecule has 1 aliphatic rings. The van der Waals surface area contributed by atoms with E-state index in [-0.39, 0.29) is 0 Å². The summed E-state index contributed by atoms with van der Waals surface area (Å²) >= 11 is 5.91. The van der Waals surface area contributed by atoms with E-state index in [0.717, 1.165) is 30.8 Å². The molecular weight excluding hydrogens is 224 g/mol. The molecule has 16 heavy (non-hydrogen) atoms. The zero-order chi connectivity index (χ0) is 11.0. The standard InChI is InChI=1S/C11H13ClN4/c12-9-3-4-11-10(7-9)13-14-16(11)8-15-5-1-2-6-15/h3-4,7H,1-2,5-6,8H2. The number of hydrogen-bond donors (Lipinski definition) is 0. The summed E-state index contributed by atoms with van der Waals surface area (Å²) in [5.41, 5.74) is 1.92. The predicted octanol–water partition coefficient (Wildman–Crippen LogP) is 2.14. The van der Waals surface area contributed by atoms with Gasteiger partial charge in [0, 0.05) is 5.02 Å². The van der Waals surface area contributed by atoms with Gasteiger partial charge >= 0.3 is 0 Å². The van der Waals surface area contributed by atoms with Crippen molar-refractivity contribution in [2.24, 2.45) is 0 Å². The first-order valence-electron chi connectivity index (χ1n) is 5.54. The van der Waals surface area contributed by atoms with E-state index in [4.69, 9.17) is 11.6 Å². The van der Waals surface area contributed by atoms with Crippen LogP contribution in [0.2, 0.25) is 5.02 Å². The maximum absolute atomic E-state index is 5.91. The van der Waals surface area contributed by atoms with Crippen LogP contribution in [0.25, 0.3) is 11.0 Å². The van der Waals surface area contributed by atoms with Crippen LogP contribution in [0, 0.1) is 0 Å². The molecule has 1 saturated heterocycles. The first kappa shape index (κ1) is 10.1. The van der Waals surface area contributed by atoms with Crippen molar-refractivity contribution in [2.75, 3.05) is 13.1 Å². The quantitative estimate of drug-likeness (QED) is 0.801. The highest BCUT2D eigenvalue weighted by molar-refractivity contribution is 6.31. The Morgan fingerprint density at radius 1 is 1.25 bits per heavy atom. The van der Waals surface area contributed by atoms with Crippen molar-refractivity contribution in [3.63, 3.8) is 0 Å². The minimum atomic E-state index is 0.709. The van der Waals surface area contributed by atoms with Crippen LogP contribution in [0.15, 0.2) is 18.2 Å². The van der Waals surface area contributed by atoms with Gasteiger partial charge in [-0.05, 0) is 44.1 Å². The highest BCUT2D eigenvalue weighted by Crippen LogP contribution is 2.18. The number of likely N-dealkylation sites (tertiary alicyclic amines) is 1. The lowest BCUT2D eigenvalue weighted by Crippen LogP contribution is -2.23. The maximum atomic E-state index is 5.91. The molecule has 84 valence electrons. The van der Waals surface area contributed by atoms with Crippen molar-refractivity contribution in [3.05, 3.63) is 23.2 Å². The third kappa shape index (κ3) is 1.79. The van der Waals surface area contributed by atoms with Crippen LogP contribution in [0.1, 0.15) is 12.8 Å². The Bertz CT molecular complexity index is 502. The first-order chi connectivity index (χ1) is 7.83. The molecule has 1 aromatic heterocycles. The van der Waals surface area contributed by atoms with Gasteiger partial charge in [-0.1, -0.05) is 16.8 Å². The predicted molar refractivity (Wildman–Crippen MR) is 63.3 cm³/mol. The summed E-state index contributed by atoms with van der Waals surface area (Å²) in [4.78, 5) is 2.39. The molecule has 0 aliphatic carbocycles. The average molecular weight is 237 g/mol. The summed E-state index contributed by atoms with van der Waals surface area (Å²) in [6.07, 6.45) is 2.58. The van der Waals surface area contributed by atoms with Crippen molar-refractivity contribution in [2.45, 2.75) is 19.5 Å². The summed E-state index contributed by atoms with van der Waals surface area (Å²) in [5, 5.41) is 9.00. The van der Waals surface area contributed by atoms with E-state index in [9.17, 15) is 0 Å². The molecule has 2 heterocycles. The summed E-state index contributed by atoms with van der Waals surface area (Å²) in [5.74, 6) is 0. The Hall–Kier alpha value is -1.13. The summed E-state index contributed by atoms with van der Waals surface area (Å²) in [6, 6.07) is 5.71. The highest BCUT2D eigenvalue weighted by atomic mass is 35.5. The molecule has 0 unspecified atom stereocenters. The van der Waals surface area contributed by atoms with E-state index >= 15 is 0 Å². The normalized spacial score (nSPS) is 17.3. The fourth-order valence-electron chi connectivity index (χ4n) is 2.16. The molecule has 0 radical (unpaired) electrons. The number of rotatable bonds is 2. The Morgan fingerprint density at radius 3 is 2.88 bits per heavy atom. The van der Waals surface area contributed by atoms with Crippen LogP contribution in [0.3, 0.4) is 0 Å². The monoisotopic (exact) mass is 236 g/mol. The van der Waals surface area contributed by atoms with Crippen LogP contribution < -0.4 is 0 Å². The summed E-state index contributed by atoms with van der Waals surface area (Å²) in [7, 11) is 0. The zero-order valence-corrected chi connectivity index (χ0v) is 9.69. The van der Waals surface area contributed by atoms with Gasteiger partial charge in [-0.25, -0.2) is 4.68 Å². The lowest BCUT2D eigenvalue weighted by Gasteiger charge is -2.14. The lowest BCUT2D eigenvalue weighted by atomic mass is 10.3. The van der Waals surface area contributed by atoms with Gasteiger partial charge in [0.1, 0.15) is 5.52 Å². The molecule has 4 nitrogen and oxygen atoms in total. The molecule has 1 aliphatic heterocycles. The zero-order valence-electron chi connectivity index (χ0n) is 8.93. The molecule has 0 saturated carbocycles. The highest BCUT2D eigenvalue weighted by Gasteiger charge is 2.13. The number of benzene rings is 1. The fraction of sp³-hybridized carbons (Fsp3) is 0.455. The summed E-state index contributed by atoms with van der Waals surface area (Å²) in [6.45, 7) is 3.15. The van der Waals surface area contributed by atoms with E-state index in [1.165, 1.54) is 12.8 Å². The van der Waals surface area contributed by atoms with Crippen molar-refractivity contribution in [1.82, 2.24) is 19.9 Å². The van der Waals surface area contributed by atoms with Gasteiger partial charge in [-0.15, -0.1) is 5.10 Å². The van der Waals surface area contributed by atoms with E-state index in [1.54, 1.807) is 0 Å². The van der Waals surface area contributed by atoms with Crippen molar-refractivity contribution in [3.8, 4) is 0 Å². The van der Waals surface area contributed by atoms with Crippen molar-refractivity contribution < 1.29 is 0 Å². The largest absolute Gasteiger partial charge is 0.284 e. The number of aromatic nitrogens is 3. The fourth-order valence-corrected chi connectivity index (χ4v) is 2.33. The average Bonchev–Trinajstić information content (AvgIpc) is 2.89. The van der Waals surface area contributed by atoms with Gasteiger partial charge in [0.25, 0.3) is 0 Å². The van der Waals surface area contributed by atoms with Gasteiger partial charge in [-0.2, -0.15) is 0 Å². The minimum Gasteiger partial charge on any atom is -0.284 e. The molecular formula is C11H13ClN4.